The van der Waals surface area contributed by atoms with Crippen LogP contribution in [0.3, 0.4) is 0 Å². The van der Waals surface area contributed by atoms with E-state index in [0.717, 1.165) is 30.0 Å². The number of halogens is 3. The number of rotatable bonds is 10. The highest BCUT2D eigenvalue weighted by Crippen LogP contribution is 2.29. The van der Waals surface area contributed by atoms with Gasteiger partial charge in [0.25, 0.3) is 0 Å². The van der Waals surface area contributed by atoms with E-state index >= 15 is 0 Å². The summed E-state index contributed by atoms with van der Waals surface area (Å²) in [6.45, 7) is 3.31. The molecule has 0 heterocycles. The number of benzene rings is 2. The minimum Gasteiger partial charge on any atom is -0.486 e. The molecule has 1 aliphatic carbocycles. The summed E-state index contributed by atoms with van der Waals surface area (Å²) in [5.41, 5.74) is 1.56. The molecular weight excluding hydrogens is 461 g/mol. The minimum absolute atomic E-state index is 0.0914. The van der Waals surface area contributed by atoms with E-state index in [1.54, 1.807) is 0 Å². The summed E-state index contributed by atoms with van der Waals surface area (Å²) in [5.74, 6) is 1.42. The van der Waals surface area contributed by atoms with Crippen molar-refractivity contribution in [2.45, 2.75) is 58.2 Å². The quantitative estimate of drug-likeness (QED) is 0.222. The van der Waals surface area contributed by atoms with Gasteiger partial charge in [0.15, 0.2) is 0 Å². The third-order valence-electron chi connectivity index (χ3n) is 5.89. The summed E-state index contributed by atoms with van der Waals surface area (Å²) in [6, 6.07) is 12.4. The smallest absolute Gasteiger partial charge is 0.416 e. The number of alkyl halides is 3. The first-order valence-corrected chi connectivity index (χ1v) is 12.1. The number of hydrogen-bond donors (Lipinski definition) is 1. The first-order chi connectivity index (χ1) is 16.3. The maximum absolute atomic E-state index is 12.7. The number of nitrogens with one attached hydrogen (secondary N) is 1. The molecule has 3 rings (SSSR count). The molecule has 1 N–H and O–H groups in total. The molecule has 2 aromatic carbocycles. The van der Waals surface area contributed by atoms with Gasteiger partial charge >= 0.3 is 6.18 Å². The highest BCUT2D eigenvalue weighted by atomic mass is 32.1. The van der Waals surface area contributed by atoms with Crippen molar-refractivity contribution < 1.29 is 22.7 Å². The Morgan fingerprint density at radius 1 is 1.03 bits per heavy atom. The van der Waals surface area contributed by atoms with E-state index in [1.807, 2.05) is 31.2 Å². The van der Waals surface area contributed by atoms with Gasteiger partial charge in [0.2, 0.25) is 0 Å². The summed E-state index contributed by atoms with van der Waals surface area (Å²) in [6.07, 6.45) is 2.80. The molecule has 0 bridgehead atoms. The summed E-state index contributed by atoms with van der Waals surface area (Å²) in [5, 5.41) is 7.50. The van der Waals surface area contributed by atoms with E-state index < -0.39 is 11.7 Å². The third kappa shape index (κ3) is 8.31. The zero-order valence-electron chi connectivity index (χ0n) is 19.4. The van der Waals surface area contributed by atoms with Crippen LogP contribution in [0.4, 0.5) is 13.2 Å². The Hall–Kier alpha value is -2.61. The van der Waals surface area contributed by atoms with Crippen molar-refractivity contribution >= 4 is 22.9 Å². The van der Waals surface area contributed by atoms with Crippen LogP contribution in [-0.4, -0.2) is 23.9 Å². The SMILES string of the molecule is CC/C(=N\OCc1ccc(C(F)(F)F)cc1)c1ccc(OCC(=S)NCC2CCCCC2)cc1. The van der Waals surface area contributed by atoms with Crippen LogP contribution in [0, 0.1) is 5.92 Å². The first kappa shape index (κ1) is 26.0. The highest BCUT2D eigenvalue weighted by Gasteiger charge is 2.29. The fourth-order valence-electron chi connectivity index (χ4n) is 3.89. The molecule has 0 radical (unpaired) electrons. The Labute approximate surface area is 204 Å². The van der Waals surface area contributed by atoms with Gasteiger partial charge in [-0.05, 0) is 72.7 Å². The summed E-state index contributed by atoms with van der Waals surface area (Å²) >= 11 is 5.39. The van der Waals surface area contributed by atoms with Crippen LogP contribution in [0.5, 0.6) is 5.75 Å². The van der Waals surface area contributed by atoms with E-state index in [4.69, 9.17) is 21.8 Å². The largest absolute Gasteiger partial charge is 0.486 e. The molecular formula is C26H31F3N2O2S. The molecule has 0 aromatic heterocycles. The first-order valence-electron chi connectivity index (χ1n) is 11.7. The summed E-state index contributed by atoms with van der Waals surface area (Å²) in [4.78, 5) is 6.10. The second-order valence-corrected chi connectivity index (χ2v) is 8.97. The van der Waals surface area contributed by atoms with Gasteiger partial charge in [0, 0.05) is 6.54 Å². The molecule has 0 unspecified atom stereocenters. The van der Waals surface area contributed by atoms with E-state index in [0.29, 0.717) is 35.2 Å². The minimum atomic E-state index is -4.35. The lowest BCUT2D eigenvalue weighted by Gasteiger charge is -2.22. The average Bonchev–Trinajstić information content (AvgIpc) is 2.85. The van der Waals surface area contributed by atoms with Crippen molar-refractivity contribution in [2.75, 3.05) is 13.2 Å². The lowest BCUT2D eigenvalue weighted by Crippen LogP contribution is -2.32. The van der Waals surface area contributed by atoms with Gasteiger partial charge in [-0.3, -0.25) is 0 Å². The molecule has 1 fully saturated rings. The van der Waals surface area contributed by atoms with Gasteiger partial charge in [-0.15, -0.1) is 0 Å². The van der Waals surface area contributed by atoms with Gasteiger partial charge in [-0.2, -0.15) is 13.2 Å². The summed E-state index contributed by atoms with van der Waals surface area (Å²) in [7, 11) is 0. The van der Waals surface area contributed by atoms with Crippen LogP contribution in [0.2, 0.25) is 0 Å². The maximum Gasteiger partial charge on any atom is 0.416 e. The third-order valence-corrected chi connectivity index (χ3v) is 6.15. The van der Waals surface area contributed by atoms with Crippen molar-refractivity contribution in [1.82, 2.24) is 5.32 Å². The Balaban J connectivity index is 1.45. The summed E-state index contributed by atoms with van der Waals surface area (Å²) < 4.78 is 43.8. The molecule has 184 valence electrons. The van der Waals surface area contributed by atoms with Gasteiger partial charge in [-0.1, -0.05) is 55.7 Å². The molecule has 1 saturated carbocycles. The van der Waals surface area contributed by atoms with Crippen molar-refractivity contribution in [3.8, 4) is 5.75 Å². The van der Waals surface area contributed by atoms with Crippen molar-refractivity contribution in [3.63, 3.8) is 0 Å². The van der Waals surface area contributed by atoms with Gasteiger partial charge < -0.3 is 14.9 Å². The molecule has 0 aliphatic heterocycles. The molecule has 2 aromatic rings. The predicted molar refractivity (Wildman–Crippen MR) is 132 cm³/mol. The second-order valence-electron chi connectivity index (χ2n) is 8.48. The van der Waals surface area contributed by atoms with Crippen LogP contribution in [-0.2, 0) is 17.6 Å². The van der Waals surface area contributed by atoms with Crippen LogP contribution in [0.25, 0.3) is 0 Å². The van der Waals surface area contributed by atoms with Crippen LogP contribution < -0.4 is 10.1 Å². The number of hydrogen-bond acceptors (Lipinski definition) is 4. The van der Waals surface area contributed by atoms with Crippen molar-refractivity contribution in [2.24, 2.45) is 11.1 Å². The number of ether oxygens (including phenoxy) is 1. The molecule has 0 spiro atoms. The monoisotopic (exact) mass is 492 g/mol. The number of nitrogens with zero attached hydrogens (tertiary/aromatic N) is 1. The van der Waals surface area contributed by atoms with Gasteiger partial charge in [0.05, 0.1) is 11.3 Å². The van der Waals surface area contributed by atoms with E-state index in [2.05, 4.69) is 10.5 Å². The standard InChI is InChI=1S/C26H31F3N2O2S/c1-2-24(31-33-17-20-8-12-22(13-9-20)26(27,28)29)21-10-14-23(15-11-21)32-18-25(34)30-16-19-6-4-3-5-7-19/h8-15,19H,2-7,16-18H2,1H3,(H,30,34)/b31-24+. The topological polar surface area (TPSA) is 42.9 Å². The molecule has 1 aliphatic rings. The Morgan fingerprint density at radius 3 is 2.32 bits per heavy atom. The Kier molecular flexibility index (Phi) is 9.74. The number of oxime groups is 1. The molecule has 0 atom stereocenters. The van der Waals surface area contributed by atoms with Gasteiger partial charge in [-0.25, -0.2) is 0 Å². The lowest BCUT2D eigenvalue weighted by molar-refractivity contribution is -0.137. The van der Waals surface area contributed by atoms with Crippen LogP contribution in [0.1, 0.15) is 62.1 Å². The average molecular weight is 493 g/mol. The normalized spacial score (nSPS) is 15.1. The van der Waals surface area contributed by atoms with E-state index in [-0.39, 0.29) is 6.61 Å². The van der Waals surface area contributed by atoms with Crippen LogP contribution in [0.15, 0.2) is 53.7 Å². The highest BCUT2D eigenvalue weighted by molar-refractivity contribution is 7.80. The molecule has 0 saturated heterocycles. The molecule has 8 heteroatoms. The van der Waals surface area contributed by atoms with E-state index in [9.17, 15) is 13.2 Å². The lowest BCUT2D eigenvalue weighted by atomic mass is 9.89. The van der Waals surface area contributed by atoms with Gasteiger partial charge in [0.1, 0.15) is 24.0 Å². The number of thiocarbonyl (C=S) groups is 1. The fourth-order valence-corrected chi connectivity index (χ4v) is 4.03. The van der Waals surface area contributed by atoms with Crippen molar-refractivity contribution in [3.05, 3.63) is 65.2 Å². The molecule has 34 heavy (non-hydrogen) atoms. The maximum atomic E-state index is 12.7. The fraction of sp³-hybridized carbons (Fsp3) is 0.462. The predicted octanol–water partition coefficient (Wildman–Crippen LogP) is 6.91. The Bertz CT molecular complexity index is 938. The van der Waals surface area contributed by atoms with E-state index in [1.165, 1.54) is 44.2 Å². The Morgan fingerprint density at radius 2 is 1.71 bits per heavy atom. The van der Waals surface area contributed by atoms with Crippen molar-refractivity contribution in [1.29, 1.82) is 0 Å². The second kappa shape index (κ2) is 12.7. The zero-order chi connectivity index (χ0) is 24.4. The molecule has 4 nitrogen and oxygen atoms in total. The zero-order valence-corrected chi connectivity index (χ0v) is 20.2. The van der Waals surface area contributed by atoms with Crippen LogP contribution >= 0.6 is 12.2 Å². The molecule has 0 amide bonds.